The first-order valence-electron chi connectivity index (χ1n) is 9.81. The van der Waals surface area contributed by atoms with Crippen LogP contribution in [-0.4, -0.2) is 39.8 Å². The molecule has 0 saturated carbocycles. The van der Waals surface area contributed by atoms with Gasteiger partial charge in [-0.2, -0.15) is 4.98 Å². The number of hydrogen-bond acceptors (Lipinski definition) is 7. The topological polar surface area (TPSA) is 91.2 Å². The summed E-state index contributed by atoms with van der Waals surface area (Å²) in [5, 5.41) is 8.13. The predicted molar refractivity (Wildman–Crippen MR) is 110 cm³/mol. The van der Waals surface area contributed by atoms with Crippen LogP contribution in [0.25, 0.3) is 11.4 Å². The van der Waals surface area contributed by atoms with Gasteiger partial charge in [-0.1, -0.05) is 0 Å². The van der Waals surface area contributed by atoms with Gasteiger partial charge in [-0.3, -0.25) is 9.78 Å². The number of pyridine rings is 1. The van der Waals surface area contributed by atoms with Gasteiger partial charge in [0.05, 0.1) is 14.2 Å². The summed E-state index contributed by atoms with van der Waals surface area (Å²) in [4.78, 5) is 21.7. The maximum Gasteiger partial charge on any atom is 0.226 e. The smallest absolute Gasteiger partial charge is 0.226 e. The summed E-state index contributed by atoms with van der Waals surface area (Å²) < 4.78 is 12.6. The third kappa shape index (κ3) is 3.01. The Morgan fingerprint density at radius 1 is 1.07 bits per heavy atom. The van der Waals surface area contributed by atoms with Gasteiger partial charge in [0.2, 0.25) is 5.95 Å². The molecule has 0 radical (unpaired) electrons. The Labute approximate surface area is 173 Å². The van der Waals surface area contributed by atoms with Gasteiger partial charge >= 0.3 is 0 Å². The lowest BCUT2D eigenvalue weighted by molar-refractivity contribution is -0.116. The van der Waals surface area contributed by atoms with Gasteiger partial charge in [-0.15, -0.1) is 5.10 Å². The van der Waals surface area contributed by atoms with Crippen molar-refractivity contribution in [3.8, 4) is 22.9 Å². The second-order valence-electron chi connectivity index (χ2n) is 7.28. The van der Waals surface area contributed by atoms with Crippen molar-refractivity contribution >= 4 is 11.7 Å². The average molecular weight is 403 g/mol. The number of anilines is 1. The number of nitrogens with zero attached hydrogens (tertiary/aromatic N) is 4. The summed E-state index contributed by atoms with van der Waals surface area (Å²) in [5.74, 6) is 2.60. The predicted octanol–water partition coefficient (Wildman–Crippen LogP) is 3.38. The number of hydrogen-bond donors (Lipinski definition) is 1. The van der Waals surface area contributed by atoms with Crippen molar-refractivity contribution in [2.45, 2.75) is 25.3 Å². The minimum absolute atomic E-state index is 0.149. The van der Waals surface area contributed by atoms with Gasteiger partial charge in [0.15, 0.2) is 11.6 Å². The molecule has 1 N–H and O–H groups in total. The fourth-order valence-corrected chi connectivity index (χ4v) is 4.07. The van der Waals surface area contributed by atoms with Crippen LogP contribution in [0.3, 0.4) is 0 Å². The van der Waals surface area contributed by atoms with Crippen LogP contribution < -0.4 is 14.8 Å². The number of ketones is 1. The molecule has 0 bridgehead atoms. The summed E-state index contributed by atoms with van der Waals surface area (Å²) in [5.41, 5.74) is 3.42. The number of methoxy groups -OCH3 is 2. The standard InChI is InChI=1S/C22H21N5O3/c1-29-15-10-14(11-16(12-15)30-2)21-25-22-24-17-4-3-5-18(28)19(17)20(27(22)26-21)13-6-8-23-9-7-13/h6-12,20H,3-5H2,1-2H3,(H,24,25,26). The highest BCUT2D eigenvalue weighted by Gasteiger charge is 2.36. The Morgan fingerprint density at radius 3 is 2.50 bits per heavy atom. The number of ether oxygens (including phenoxy) is 2. The van der Waals surface area contributed by atoms with Crippen molar-refractivity contribution in [1.82, 2.24) is 19.7 Å². The maximum atomic E-state index is 12.9. The molecule has 0 fully saturated rings. The highest BCUT2D eigenvalue weighted by molar-refractivity contribution is 5.99. The van der Waals surface area contributed by atoms with E-state index in [-0.39, 0.29) is 11.8 Å². The quantitative estimate of drug-likeness (QED) is 0.714. The SMILES string of the molecule is COc1cc(OC)cc(-c2nc3n(n2)C(c2ccncc2)C2=C(CCCC2=O)N3)c1. The van der Waals surface area contributed by atoms with Crippen LogP contribution in [0.2, 0.25) is 0 Å². The van der Waals surface area contributed by atoms with Crippen molar-refractivity contribution in [3.05, 3.63) is 59.6 Å². The van der Waals surface area contributed by atoms with Crippen LogP contribution >= 0.6 is 0 Å². The molecule has 1 unspecified atom stereocenters. The molecule has 0 spiro atoms. The number of nitrogens with one attached hydrogen (secondary N) is 1. The van der Waals surface area contributed by atoms with Gasteiger partial charge in [-0.25, -0.2) is 4.68 Å². The lowest BCUT2D eigenvalue weighted by Gasteiger charge is -2.32. The van der Waals surface area contributed by atoms with E-state index < -0.39 is 0 Å². The van der Waals surface area contributed by atoms with E-state index in [2.05, 4.69) is 10.3 Å². The molecule has 1 aromatic carbocycles. The van der Waals surface area contributed by atoms with Gasteiger partial charge in [0.25, 0.3) is 0 Å². The number of benzene rings is 1. The Kier molecular flexibility index (Phi) is 4.46. The van der Waals surface area contributed by atoms with E-state index >= 15 is 0 Å². The minimum atomic E-state index is -0.333. The zero-order valence-corrected chi connectivity index (χ0v) is 16.8. The molecular formula is C22H21N5O3. The number of Topliss-reactive ketones (excluding diaryl/α,β-unsaturated/α-hetero) is 1. The van der Waals surface area contributed by atoms with Crippen molar-refractivity contribution in [2.75, 3.05) is 19.5 Å². The first-order chi connectivity index (χ1) is 14.7. The van der Waals surface area contributed by atoms with Crippen molar-refractivity contribution < 1.29 is 14.3 Å². The molecule has 2 aromatic heterocycles. The summed E-state index contributed by atoms with van der Waals surface area (Å²) in [6.07, 6.45) is 5.66. The monoisotopic (exact) mass is 403 g/mol. The summed E-state index contributed by atoms with van der Waals surface area (Å²) >= 11 is 0. The molecule has 3 aromatic rings. The third-order valence-electron chi connectivity index (χ3n) is 5.50. The van der Waals surface area contributed by atoms with Gasteiger partial charge < -0.3 is 14.8 Å². The van der Waals surface area contributed by atoms with Gasteiger partial charge in [0, 0.05) is 41.7 Å². The summed E-state index contributed by atoms with van der Waals surface area (Å²) in [6, 6.07) is 9.04. The van der Waals surface area contributed by atoms with E-state index in [1.165, 1.54) is 0 Å². The molecule has 2 aliphatic rings. The first kappa shape index (κ1) is 18.4. The van der Waals surface area contributed by atoms with Crippen LogP contribution in [0, 0.1) is 0 Å². The van der Waals surface area contributed by atoms with E-state index in [1.54, 1.807) is 37.4 Å². The molecule has 8 heteroatoms. The third-order valence-corrected chi connectivity index (χ3v) is 5.50. The lowest BCUT2D eigenvalue weighted by atomic mass is 9.86. The normalized spacial score (nSPS) is 17.8. The van der Waals surface area contributed by atoms with E-state index in [9.17, 15) is 4.79 Å². The molecule has 8 nitrogen and oxygen atoms in total. The number of fused-ring (bicyclic) bond motifs is 1. The zero-order chi connectivity index (χ0) is 20.7. The van der Waals surface area contributed by atoms with Crippen molar-refractivity contribution in [2.24, 2.45) is 0 Å². The number of rotatable bonds is 4. The molecule has 0 amide bonds. The van der Waals surface area contributed by atoms with Crippen LogP contribution in [0.15, 0.2) is 54.0 Å². The van der Waals surface area contributed by atoms with Gasteiger partial charge in [-0.05, 0) is 42.7 Å². The van der Waals surface area contributed by atoms with Crippen molar-refractivity contribution in [1.29, 1.82) is 0 Å². The van der Waals surface area contributed by atoms with E-state index in [0.29, 0.717) is 29.7 Å². The highest BCUT2D eigenvalue weighted by atomic mass is 16.5. The van der Waals surface area contributed by atoms with Gasteiger partial charge in [0.1, 0.15) is 17.5 Å². The molecule has 1 aliphatic carbocycles. The van der Waals surface area contributed by atoms with E-state index in [1.807, 2.05) is 24.3 Å². The first-order valence-corrected chi connectivity index (χ1v) is 9.81. The molecule has 30 heavy (non-hydrogen) atoms. The largest absolute Gasteiger partial charge is 0.497 e. The maximum absolute atomic E-state index is 12.9. The molecular weight excluding hydrogens is 382 g/mol. The summed E-state index contributed by atoms with van der Waals surface area (Å²) in [7, 11) is 3.21. The lowest BCUT2D eigenvalue weighted by Crippen LogP contribution is -2.31. The molecule has 1 atom stereocenters. The Balaban J connectivity index is 1.66. The summed E-state index contributed by atoms with van der Waals surface area (Å²) in [6.45, 7) is 0. The van der Waals surface area contributed by atoms with Crippen LogP contribution in [0.1, 0.15) is 30.9 Å². The van der Waals surface area contributed by atoms with Crippen molar-refractivity contribution in [3.63, 3.8) is 0 Å². The van der Waals surface area contributed by atoms with E-state index in [4.69, 9.17) is 19.6 Å². The Morgan fingerprint density at radius 2 is 1.80 bits per heavy atom. The number of aromatic nitrogens is 4. The second-order valence-corrected chi connectivity index (χ2v) is 7.28. The minimum Gasteiger partial charge on any atom is -0.497 e. The van der Waals surface area contributed by atoms with Crippen LogP contribution in [-0.2, 0) is 4.79 Å². The molecule has 3 heterocycles. The highest BCUT2D eigenvalue weighted by Crippen LogP contribution is 2.40. The van der Waals surface area contributed by atoms with Crippen LogP contribution in [0.5, 0.6) is 11.5 Å². The molecule has 1 aliphatic heterocycles. The fraction of sp³-hybridized carbons (Fsp3) is 0.273. The van der Waals surface area contributed by atoms with Crippen LogP contribution in [0.4, 0.5) is 5.95 Å². The molecule has 152 valence electrons. The molecule has 5 rings (SSSR count). The van der Waals surface area contributed by atoms with E-state index in [0.717, 1.165) is 35.2 Å². The number of carbonyl (C=O) groups excluding carboxylic acids is 1. The number of allylic oxidation sites excluding steroid dienone is 2. The number of carbonyl (C=O) groups is 1. The average Bonchev–Trinajstić information content (AvgIpc) is 3.22. The Hall–Kier alpha value is -3.68. The molecule has 0 saturated heterocycles. The Bertz CT molecular complexity index is 1130. The fourth-order valence-electron chi connectivity index (χ4n) is 4.07. The second kappa shape index (κ2) is 7.29. The zero-order valence-electron chi connectivity index (χ0n) is 16.8.